The molecule has 6 nitrogen and oxygen atoms in total. The van der Waals surface area contributed by atoms with Crippen LogP contribution >= 0.6 is 0 Å². The fraction of sp³-hybridized carbons (Fsp3) is 0.611. The summed E-state index contributed by atoms with van der Waals surface area (Å²) in [7, 11) is 0.737. The second kappa shape index (κ2) is 8.67. The first-order valence-electron chi connectivity index (χ1n) is 8.85. The molecule has 0 bridgehead atoms. The Hall–Kier alpha value is -1.60. The van der Waals surface area contributed by atoms with E-state index in [0.717, 1.165) is 24.1 Å². The summed E-state index contributed by atoms with van der Waals surface area (Å²) >= 11 is 0. The number of nitrogens with zero attached hydrogens (tertiary/aromatic N) is 2. The van der Waals surface area contributed by atoms with Crippen LogP contribution < -0.4 is 10.2 Å². The molecule has 0 radical (unpaired) electrons. The van der Waals surface area contributed by atoms with Gasteiger partial charge >= 0.3 is 0 Å². The number of hydrogen-bond donors (Lipinski definition) is 1. The molecule has 0 spiro atoms. The molecule has 1 N–H and O–H groups in total. The fourth-order valence-electron chi connectivity index (χ4n) is 3.04. The monoisotopic (exact) mass is 367 g/mol. The largest absolute Gasteiger partial charge is 0.378 e. The predicted octanol–water partition coefficient (Wildman–Crippen LogP) is 1.82. The highest BCUT2D eigenvalue weighted by atomic mass is 32.2. The molecular weight excluding hydrogens is 338 g/mol. The van der Waals surface area contributed by atoms with Crippen molar-refractivity contribution in [1.29, 1.82) is 0 Å². The zero-order valence-corrected chi connectivity index (χ0v) is 16.2. The molecule has 1 aromatic carbocycles. The first-order valence-corrected chi connectivity index (χ1v) is 10.5. The maximum absolute atomic E-state index is 12.4. The van der Waals surface area contributed by atoms with Crippen LogP contribution in [0.5, 0.6) is 0 Å². The van der Waals surface area contributed by atoms with Gasteiger partial charge in [0.25, 0.3) is 0 Å². The average Bonchev–Trinajstić information content (AvgIpc) is 2.60. The predicted molar refractivity (Wildman–Crippen MR) is 101 cm³/mol. The molecule has 0 unspecified atom stereocenters. The van der Waals surface area contributed by atoms with Crippen LogP contribution in [-0.2, 0) is 21.4 Å². The first-order chi connectivity index (χ1) is 11.8. The van der Waals surface area contributed by atoms with Gasteiger partial charge in [0.1, 0.15) is 0 Å². The maximum Gasteiger partial charge on any atom is 0.224 e. The number of carbonyl (C=O) groups excluding carboxylic acids is 1. The van der Waals surface area contributed by atoms with Crippen molar-refractivity contribution in [2.75, 3.05) is 37.8 Å². The molecule has 1 atom stereocenters. The molecule has 0 aromatic heterocycles. The first kappa shape index (κ1) is 19.7. The van der Waals surface area contributed by atoms with Crippen molar-refractivity contribution >= 4 is 21.6 Å². The van der Waals surface area contributed by atoms with Crippen LogP contribution in [0.15, 0.2) is 24.3 Å². The molecule has 1 aromatic rings. The summed E-state index contributed by atoms with van der Waals surface area (Å²) in [6, 6.07) is 8.02. The van der Waals surface area contributed by atoms with Crippen LogP contribution in [0.1, 0.15) is 31.7 Å². The van der Waals surface area contributed by atoms with Gasteiger partial charge in [-0.25, -0.2) is 12.7 Å². The number of sulfonamides is 1. The minimum absolute atomic E-state index is 0.0620. The van der Waals surface area contributed by atoms with E-state index >= 15 is 0 Å². The van der Waals surface area contributed by atoms with Crippen molar-refractivity contribution in [2.45, 2.75) is 32.7 Å². The van der Waals surface area contributed by atoms with Crippen LogP contribution in [0.3, 0.4) is 0 Å². The van der Waals surface area contributed by atoms with Crippen LogP contribution in [0.4, 0.5) is 5.69 Å². The lowest BCUT2D eigenvalue weighted by molar-refractivity contribution is -0.126. The molecule has 1 saturated heterocycles. The van der Waals surface area contributed by atoms with Crippen molar-refractivity contribution in [1.82, 2.24) is 9.62 Å². The fourth-order valence-corrected chi connectivity index (χ4v) is 4.63. The van der Waals surface area contributed by atoms with Crippen LogP contribution in [0.2, 0.25) is 0 Å². The second-order valence-electron chi connectivity index (χ2n) is 6.79. The van der Waals surface area contributed by atoms with E-state index in [1.165, 1.54) is 4.31 Å². The summed E-state index contributed by atoms with van der Waals surface area (Å²) in [6.45, 7) is 3.14. The van der Waals surface area contributed by atoms with E-state index in [2.05, 4.69) is 5.32 Å². The summed E-state index contributed by atoms with van der Waals surface area (Å²) < 4.78 is 25.9. The van der Waals surface area contributed by atoms with Crippen LogP contribution in [-0.4, -0.2) is 51.6 Å². The summed E-state index contributed by atoms with van der Waals surface area (Å²) in [6.07, 6.45) is 2.07. The number of amides is 1. The van der Waals surface area contributed by atoms with Gasteiger partial charge < -0.3 is 10.2 Å². The van der Waals surface area contributed by atoms with Crippen molar-refractivity contribution < 1.29 is 13.2 Å². The highest BCUT2D eigenvalue weighted by molar-refractivity contribution is 7.89. The number of rotatable bonds is 7. The highest BCUT2D eigenvalue weighted by Crippen LogP contribution is 2.20. The Morgan fingerprint density at radius 2 is 1.96 bits per heavy atom. The lowest BCUT2D eigenvalue weighted by Gasteiger charge is -2.31. The number of piperidine rings is 1. The standard InChI is InChI=1S/C18H29N3O3S/c1-4-12-25(23,24)21-11-5-6-16(14-21)18(22)19-13-15-7-9-17(10-8-15)20(2)3/h7-10,16H,4-6,11-14H2,1-3H3,(H,19,22)/t16-/m1/s1. The minimum atomic E-state index is -3.23. The molecule has 0 aliphatic carbocycles. The highest BCUT2D eigenvalue weighted by Gasteiger charge is 2.31. The average molecular weight is 368 g/mol. The molecule has 1 heterocycles. The SMILES string of the molecule is CCCS(=O)(=O)N1CCC[C@@H](C(=O)NCc2ccc(N(C)C)cc2)C1. The minimum Gasteiger partial charge on any atom is -0.378 e. The number of nitrogens with one attached hydrogen (secondary N) is 1. The Morgan fingerprint density at radius 1 is 1.28 bits per heavy atom. The van der Waals surface area contributed by atoms with Gasteiger partial charge in [-0.3, -0.25) is 4.79 Å². The smallest absolute Gasteiger partial charge is 0.224 e. The van der Waals surface area contributed by atoms with Gasteiger partial charge in [0.2, 0.25) is 15.9 Å². The topological polar surface area (TPSA) is 69.7 Å². The number of hydrogen-bond acceptors (Lipinski definition) is 4. The van der Waals surface area contributed by atoms with E-state index in [-0.39, 0.29) is 17.6 Å². The van der Waals surface area contributed by atoms with Gasteiger partial charge in [-0.05, 0) is 37.0 Å². The Labute approximate surface area is 151 Å². The molecule has 1 fully saturated rings. The third-order valence-corrected chi connectivity index (χ3v) is 6.57. The maximum atomic E-state index is 12.4. The van der Waals surface area contributed by atoms with Gasteiger partial charge in [0.15, 0.2) is 0 Å². The quantitative estimate of drug-likeness (QED) is 0.798. The molecular formula is C18H29N3O3S. The summed E-state index contributed by atoms with van der Waals surface area (Å²) in [4.78, 5) is 14.5. The number of carbonyl (C=O) groups is 1. The normalized spacial score (nSPS) is 18.8. The van der Waals surface area contributed by atoms with E-state index in [0.29, 0.717) is 26.1 Å². The molecule has 25 heavy (non-hydrogen) atoms. The Balaban J connectivity index is 1.89. The molecule has 1 amide bonds. The van der Waals surface area contributed by atoms with Crippen LogP contribution in [0.25, 0.3) is 0 Å². The second-order valence-corrected chi connectivity index (χ2v) is 8.88. The summed E-state index contributed by atoms with van der Waals surface area (Å²) in [5.41, 5.74) is 2.14. The summed E-state index contributed by atoms with van der Waals surface area (Å²) in [5.74, 6) is -0.172. The van der Waals surface area contributed by atoms with E-state index in [1.807, 2.05) is 50.2 Å². The molecule has 1 aliphatic rings. The zero-order chi connectivity index (χ0) is 18.4. The van der Waals surface area contributed by atoms with Gasteiger partial charge in [-0.1, -0.05) is 19.1 Å². The van der Waals surface area contributed by atoms with Gasteiger partial charge in [-0.2, -0.15) is 0 Å². The van der Waals surface area contributed by atoms with Crippen LogP contribution in [0, 0.1) is 5.92 Å². The molecule has 7 heteroatoms. The number of anilines is 1. The van der Waals surface area contributed by atoms with Crippen molar-refractivity contribution in [3.63, 3.8) is 0 Å². The molecule has 2 rings (SSSR count). The van der Waals surface area contributed by atoms with E-state index in [4.69, 9.17) is 0 Å². The van der Waals surface area contributed by atoms with Crippen molar-refractivity contribution in [2.24, 2.45) is 5.92 Å². The number of benzene rings is 1. The molecule has 0 saturated carbocycles. The van der Waals surface area contributed by atoms with Gasteiger partial charge in [0, 0.05) is 39.4 Å². The van der Waals surface area contributed by atoms with Gasteiger partial charge in [-0.15, -0.1) is 0 Å². The third kappa shape index (κ3) is 5.44. The lowest BCUT2D eigenvalue weighted by atomic mass is 9.99. The Kier molecular flexibility index (Phi) is 6.84. The van der Waals surface area contributed by atoms with E-state index < -0.39 is 10.0 Å². The lowest BCUT2D eigenvalue weighted by Crippen LogP contribution is -2.45. The van der Waals surface area contributed by atoms with E-state index in [1.54, 1.807) is 0 Å². The zero-order valence-electron chi connectivity index (χ0n) is 15.4. The summed E-state index contributed by atoms with van der Waals surface area (Å²) in [5, 5.41) is 2.95. The van der Waals surface area contributed by atoms with Crippen molar-refractivity contribution in [3.05, 3.63) is 29.8 Å². The van der Waals surface area contributed by atoms with Gasteiger partial charge in [0.05, 0.1) is 11.7 Å². The Morgan fingerprint density at radius 3 is 2.56 bits per heavy atom. The third-order valence-electron chi connectivity index (χ3n) is 4.53. The molecule has 1 aliphatic heterocycles. The van der Waals surface area contributed by atoms with E-state index in [9.17, 15) is 13.2 Å². The Bertz CT molecular complexity index is 671. The van der Waals surface area contributed by atoms with Crippen molar-refractivity contribution in [3.8, 4) is 0 Å². The molecule has 140 valence electrons.